The first kappa shape index (κ1) is 9.48. The van der Waals surface area contributed by atoms with E-state index >= 15 is 0 Å². The van der Waals surface area contributed by atoms with Gasteiger partial charge in [-0.15, -0.1) is 0 Å². The lowest BCUT2D eigenvalue weighted by atomic mass is 10.0. The molecule has 0 aliphatic carbocycles. The summed E-state index contributed by atoms with van der Waals surface area (Å²) in [4.78, 5) is 11.1. The van der Waals surface area contributed by atoms with E-state index < -0.39 is 6.10 Å². The van der Waals surface area contributed by atoms with Gasteiger partial charge in [0.05, 0.1) is 6.61 Å². The molecule has 0 saturated carbocycles. The van der Waals surface area contributed by atoms with Crippen molar-refractivity contribution in [3.63, 3.8) is 0 Å². The average molecular weight is 173 g/mol. The maximum Gasteiger partial charge on any atom is 0.335 e. The van der Waals surface area contributed by atoms with E-state index in [1.807, 2.05) is 0 Å². The molecule has 1 aliphatic rings. The van der Waals surface area contributed by atoms with Crippen molar-refractivity contribution in [2.75, 3.05) is 13.2 Å². The summed E-state index contributed by atoms with van der Waals surface area (Å²) >= 11 is 0. The Labute approximate surface area is 72.0 Å². The number of carbonyl (C=O) groups excluding carboxylic acids is 1. The molecule has 0 aromatic carbocycles. The van der Waals surface area contributed by atoms with Gasteiger partial charge < -0.3 is 15.2 Å². The van der Waals surface area contributed by atoms with Crippen molar-refractivity contribution in [3.8, 4) is 0 Å². The second-order valence-electron chi connectivity index (χ2n) is 2.90. The molecule has 1 saturated heterocycles. The highest BCUT2D eigenvalue weighted by Crippen LogP contribution is 2.13. The molecule has 4 nitrogen and oxygen atoms in total. The molecule has 12 heavy (non-hydrogen) atoms. The van der Waals surface area contributed by atoms with E-state index in [4.69, 9.17) is 15.2 Å². The molecule has 1 fully saturated rings. The van der Waals surface area contributed by atoms with Crippen LogP contribution in [0, 0.1) is 0 Å². The summed E-state index contributed by atoms with van der Waals surface area (Å²) in [6, 6.07) is 0.0770. The summed E-state index contributed by atoms with van der Waals surface area (Å²) in [6.07, 6.45) is 0.975. The molecule has 0 aromatic heterocycles. The van der Waals surface area contributed by atoms with Crippen molar-refractivity contribution in [1.29, 1.82) is 0 Å². The third-order valence-corrected chi connectivity index (χ3v) is 1.87. The summed E-state index contributed by atoms with van der Waals surface area (Å²) in [5.41, 5.74) is 5.67. The molecular formula is C8H15NO3. The van der Waals surface area contributed by atoms with Crippen molar-refractivity contribution >= 4 is 5.97 Å². The van der Waals surface area contributed by atoms with Crippen LogP contribution in [0.2, 0.25) is 0 Å². The van der Waals surface area contributed by atoms with Gasteiger partial charge in [0, 0.05) is 12.6 Å². The molecule has 0 aromatic rings. The minimum absolute atomic E-state index is 0.0770. The predicted octanol–water partition coefficient (Wildman–Crippen LogP) is 0.0558. The fourth-order valence-corrected chi connectivity index (χ4v) is 1.22. The highest BCUT2D eigenvalue weighted by Gasteiger charge is 2.26. The number of rotatable bonds is 2. The van der Waals surface area contributed by atoms with Crippen molar-refractivity contribution in [1.82, 2.24) is 0 Å². The molecular weight excluding hydrogens is 158 g/mol. The topological polar surface area (TPSA) is 61.5 Å². The maximum absolute atomic E-state index is 11.1. The summed E-state index contributed by atoms with van der Waals surface area (Å²) < 4.78 is 10.0. The van der Waals surface area contributed by atoms with Gasteiger partial charge >= 0.3 is 5.97 Å². The molecule has 0 amide bonds. The first-order chi connectivity index (χ1) is 5.74. The zero-order chi connectivity index (χ0) is 8.97. The summed E-state index contributed by atoms with van der Waals surface area (Å²) in [5, 5.41) is 0. The first-order valence-corrected chi connectivity index (χ1v) is 4.28. The third kappa shape index (κ3) is 2.46. The van der Waals surface area contributed by atoms with Gasteiger partial charge in [-0.2, -0.15) is 0 Å². The first-order valence-electron chi connectivity index (χ1n) is 4.28. The van der Waals surface area contributed by atoms with Crippen LogP contribution >= 0.6 is 0 Å². The fraction of sp³-hybridized carbons (Fsp3) is 0.875. The zero-order valence-electron chi connectivity index (χ0n) is 7.29. The van der Waals surface area contributed by atoms with Crippen LogP contribution in [0.25, 0.3) is 0 Å². The Hall–Kier alpha value is -0.610. The van der Waals surface area contributed by atoms with Crippen LogP contribution in [-0.4, -0.2) is 31.3 Å². The van der Waals surface area contributed by atoms with Gasteiger partial charge in [-0.3, -0.25) is 0 Å². The standard InChI is InChI=1S/C8H15NO3/c1-2-11-8(10)7-5-6(9)3-4-12-7/h6-7H,2-5,9H2,1H3/t6-,7+/m0/s1. The molecule has 2 atom stereocenters. The Balaban J connectivity index is 2.35. The molecule has 0 spiro atoms. The van der Waals surface area contributed by atoms with Crippen LogP contribution in [0.1, 0.15) is 19.8 Å². The summed E-state index contributed by atoms with van der Waals surface area (Å²) in [7, 11) is 0. The molecule has 4 heteroatoms. The van der Waals surface area contributed by atoms with Crippen LogP contribution in [-0.2, 0) is 14.3 Å². The molecule has 1 heterocycles. The average Bonchev–Trinajstić information content (AvgIpc) is 2.05. The van der Waals surface area contributed by atoms with Crippen LogP contribution in [0.4, 0.5) is 0 Å². The van der Waals surface area contributed by atoms with Gasteiger partial charge in [0.15, 0.2) is 6.10 Å². The van der Waals surface area contributed by atoms with Crippen LogP contribution in [0.5, 0.6) is 0 Å². The number of hydrogen-bond donors (Lipinski definition) is 1. The van der Waals surface area contributed by atoms with Gasteiger partial charge in [-0.05, 0) is 19.8 Å². The maximum atomic E-state index is 11.1. The van der Waals surface area contributed by atoms with Crippen LogP contribution < -0.4 is 5.73 Å². The predicted molar refractivity (Wildman–Crippen MR) is 43.6 cm³/mol. The van der Waals surface area contributed by atoms with Gasteiger partial charge in [0.2, 0.25) is 0 Å². The van der Waals surface area contributed by atoms with Crippen LogP contribution in [0.3, 0.4) is 0 Å². The minimum Gasteiger partial charge on any atom is -0.464 e. The Morgan fingerprint density at radius 2 is 2.50 bits per heavy atom. The second-order valence-corrected chi connectivity index (χ2v) is 2.90. The largest absolute Gasteiger partial charge is 0.464 e. The number of ether oxygens (including phenoxy) is 2. The van der Waals surface area contributed by atoms with E-state index in [9.17, 15) is 4.79 Å². The fourth-order valence-electron chi connectivity index (χ4n) is 1.22. The lowest BCUT2D eigenvalue weighted by Crippen LogP contribution is -2.39. The Bertz CT molecular complexity index is 160. The summed E-state index contributed by atoms with van der Waals surface area (Å²) in [6.45, 7) is 2.74. The Morgan fingerprint density at radius 3 is 3.08 bits per heavy atom. The van der Waals surface area contributed by atoms with Gasteiger partial charge in [0.25, 0.3) is 0 Å². The molecule has 1 aliphatic heterocycles. The van der Waals surface area contributed by atoms with Crippen molar-refractivity contribution in [2.24, 2.45) is 5.73 Å². The highest BCUT2D eigenvalue weighted by atomic mass is 16.6. The van der Waals surface area contributed by atoms with E-state index in [1.165, 1.54) is 0 Å². The number of carbonyl (C=O) groups is 1. The molecule has 0 bridgehead atoms. The molecule has 0 radical (unpaired) electrons. The molecule has 70 valence electrons. The number of nitrogens with two attached hydrogens (primary N) is 1. The van der Waals surface area contributed by atoms with Gasteiger partial charge in [0.1, 0.15) is 0 Å². The van der Waals surface area contributed by atoms with E-state index in [0.717, 1.165) is 6.42 Å². The van der Waals surface area contributed by atoms with E-state index in [2.05, 4.69) is 0 Å². The molecule has 0 unspecified atom stereocenters. The monoisotopic (exact) mass is 173 g/mol. The smallest absolute Gasteiger partial charge is 0.335 e. The van der Waals surface area contributed by atoms with E-state index in [0.29, 0.717) is 19.6 Å². The van der Waals surface area contributed by atoms with Crippen LogP contribution in [0.15, 0.2) is 0 Å². The zero-order valence-corrected chi connectivity index (χ0v) is 7.29. The second kappa shape index (κ2) is 4.42. The number of esters is 1. The van der Waals surface area contributed by atoms with E-state index in [1.54, 1.807) is 6.92 Å². The number of hydrogen-bond acceptors (Lipinski definition) is 4. The summed E-state index contributed by atoms with van der Waals surface area (Å²) in [5.74, 6) is -0.285. The van der Waals surface area contributed by atoms with Gasteiger partial charge in [-0.25, -0.2) is 4.79 Å². The Morgan fingerprint density at radius 1 is 1.75 bits per heavy atom. The lowest BCUT2D eigenvalue weighted by Gasteiger charge is -2.25. The quantitative estimate of drug-likeness (QED) is 0.600. The molecule has 2 N–H and O–H groups in total. The lowest BCUT2D eigenvalue weighted by molar-refractivity contribution is -0.159. The SMILES string of the molecule is CCOC(=O)[C@H]1C[C@@H](N)CCO1. The Kier molecular flexibility index (Phi) is 3.49. The highest BCUT2D eigenvalue weighted by molar-refractivity contribution is 5.74. The normalized spacial score (nSPS) is 29.8. The van der Waals surface area contributed by atoms with Crippen molar-refractivity contribution < 1.29 is 14.3 Å². The van der Waals surface area contributed by atoms with E-state index in [-0.39, 0.29) is 12.0 Å². The minimum atomic E-state index is -0.436. The van der Waals surface area contributed by atoms with Crippen molar-refractivity contribution in [3.05, 3.63) is 0 Å². The van der Waals surface area contributed by atoms with Crippen molar-refractivity contribution in [2.45, 2.75) is 31.9 Å². The van der Waals surface area contributed by atoms with Gasteiger partial charge in [-0.1, -0.05) is 0 Å². The third-order valence-electron chi connectivity index (χ3n) is 1.87. The molecule has 1 rings (SSSR count).